The molecule has 110 valence electrons. The maximum Gasteiger partial charge on any atom is 0.162 e. The molecule has 3 heteroatoms. The van der Waals surface area contributed by atoms with Crippen molar-refractivity contribution in [3.05, 3.63) is 52.3 Å². The van der Waals surface area contributed by atoms with E-state index in [-0.39, 0.29) is 0 Å². The first-order chi connectivity index (χ1) is 9.42. The molecule has 1 aromatic carbocycles. The van der Waals surface area contributed by atoms with Gasteiger partial charge in [-0.15, -0.1) is 0 Å². The van der Waals surface area contributed by atoms with Gasteiger partial charge in [0, 0.05) is 0 Å². The molecule has 0 N–H and O–H groups in total. The predicted octanol–water partition coefficient (Wildman–Crippen LogP) is 5.32. The molecular weight excluding hydrogens is 258 g/mol. The van der Waals surface area contributed by atoms with Crippen LogP contribution >= 0.6 is 0 Å². The summed E-state index contributed by atoms with van der Waals surface area (Å²) in [6.45, 7) is 9.32. The quantitative estimate of drug-likeness (QED) is 0.506. The normalized spacial score (nSPS) is 11.6. The highest BCUT2D eigenvalue weighted by Gasteiger charge is 2.13. The van der Waals surface area contributed by atoms with Crippen molar-refractivity contribution < 1.29 is 13.5 Å². The summed E-state index contributed by atoms with van der Waals surface area (Å²) in [6, 6.07) is 1.22. The maximum absolute atomic E-state index is 13.7. The Kier molecular flexibility index (Phi) is 5.93. The molecular formula is C17H22F2O. The third-order valence-corrected chi connectivity index (χ3v) is 3.43. The zero-order valence-electron chi connectivity index (χ0n) is 12.6. The molecule has 0 radical (unpaired) electrons. The molecule has 0 aliphatic rings. The van der Waals surface area contributed by atoms with Crippen molar-refractivity contribution in [1.82, 2.24) is 0 Å². The van der Waals surface area contributed by atoms with Gasteiger partial charge in [-0.05, 0) is 61.1 Å². The molecule has 0 amide bonds. The second-order valence-electron chi connectivity index (χ2n) is 4.93. The maximum atomic E-state index is 13.7. The van der Waals surface area contributed by atoms with Gasteiger partial charge < -0.3 is 4.74 Å². The van der Waals surface area contributed by atoms with E-state index in [1.165, 1.54) is 6.07 Å². The van der Waals surface area contributed by atoms with E-state index in [1.807, 2.05) is 6.08 Å². The average Bonchev–Trinajstić information content (AvgIpc) is 2.43. The van der Waals surface area contributed by atoms with Crippen LogP contribution in [0.2, 0.25) is 0 Å². The Morgan fingerprint density at radius 3 is 2.55 bits per heavy atom. The molecule has 0 fully saturated rings. The summed E-state index contributed by atoms with van der Waals surface area (Å²) in [7, 11) is 1.56. The summed E-state index contributed by atoms with van der Waals surface area (Å²) in [5, 5.41) is 0. The first kappa shape index (κ1) is 16.4. The number of aryl methyl sites for hydroxylation is 1. The second kappa shape index (κ2) is 7.22. The lowest BCUT2D eigenvalue weighted by Crippen LogP contribution is -1.98. The number of benzene rings is 1. The highest BCUT2D eigenvalue weighted by atomic mass is 19.2. The molecule has 0 saturated heterocycles. The van der Waals surface area contributed by atoms with E-state index in [9.17, 15) is 8.78 Å². The number of methoxy groups -OCH3 is 1. The number of rotatable bonds is 6. The minimum atomic E-state index is -0.808. The number of unbranched alkanes of at least 4 members (excludes halogenated alkanes) is 1. The van der Waals surface area contributed by atoms with Gasteiger partial charge in [0.1, 0.15) is 5.76 Å². The first-order valence-electron chi connectivity index (χ1n) is 6.81. The van der Waals surface area contributed by atoms with Crippen LogP contribution in [0.15, 0.2) is 24.0 Å². The summed E-state index contributed by atoms with van der Waals surface area (Å²) in [5.74, 6) is -1.03. The Morgan fingerprint density at radius 2 is 2.00 bits per heavy atom. The van der Waals surface area contributed by atoms with Crippen molar-refractivity contribution in [3.63, 3.8) is 0 Å². The van der Waals surface area contributed by atoms with Crippen molar-refractivity contribution >= 4 is 6.08 Å². The minimum Gasteiger partial charge on any atom is -0.497 e. The molecule has 0 bridgehead atoms. The molecule has 1 aromatic rings. The largest absolute Gasteiger partial charge is 0.497 e. The monoisotopic (exact) mass is 280 g/mol. The summed E-state index contributed by atoms with van der Waals surface area (Å²) < 4.78 is 32.2. The molecule has 0 heterocycles. The number of hydrogen-bond acceptors (Lipinski definition) is 1. The van der Waals surface area contributed by atoms with Crippen LogP contribution in [0.1, 0.15) is 42.9 Å². The summed E-state index contributed by atoms with van der Waals surface area (Å²) in [4.78, 5) is 0. The van der Waals surface area contributed by atoms with E-state index in [1.54, 1.807) is 21.0 Å². The number of hydrogen-bond donors (Lipinski definition) is 0. The van der Waals surface area contributed by atoms with Gasteiger partial charge in [-0.1, -0.05) is 19.9 Å². The fraction of sp³-hybridized carbons (Fsp3) is 0.412. The van der Waals surface area contributed by atoms with Crippen LogP contribution in [0.25, 0.3) is 6.08 Å². The molecule has 0 aliphatic heterocycles. The second-order valence-corrected chi connectivity index (χ2v) is 4.93. The summed E-state index contributed by atoms with van der Waals surface area (Å²) >= 11 is 0. The fourth-order valence-electron chi connectivity index (χ4n) is 2.11. The van der Waals surface area contributed by atoms with Gasteiger partial charge in [0.2, 0.25) is 0 Å². The number of halogens is 2. The van der Waals surface area contributed by atoms with Crippen LogP contribution in [-0.4, -0.2) is 7.11 Å². The van der Waals surface area contributed by atoms with Crippen molar-refractivity contribution in [2.45, 2.75) is 40.0 Å². The lowest BCUT2D eigenvalue weighted by Gasteiger charge is -2.13. The molecule has 20 heavy (non-hydrogen) atoms. The Balaban J connectivity index is 3.30. The fourth-order valence-corrected chi connectivity index (χ4v) is 2.11. The van der Waals surface area contributed by atoms with Crippen molar-refractivity contribution in [1.29, 1.82) is 0 Å². The van der Waals surface area contributed by atoms with Crippen LogP contribution in [0.5, 0.6) is 0 Å². The van der Waals surface area contributed by atoms with Crippen molar-refractivity contribution in [2.24, 2.45) is 0 Å². The van der Waals surface area contributed by atoms with E-state index in [4.69, 9.17) is 4.74 Å². The number of ether oxygens (including phenoxy) is 1. The Bertz CT molecular complexity index is 530. The highest BCUT2D eigenvalue weighted by molar-refractivity contribution is 5.63. The average molecular weight is 280 g/mol. The lowest BCUT2D eigenvalue weighted by molar-refractivity contribution is 0.300. The van der Waals surface area contributed by atoms with Crippen LogP contribution in [0.4, 0.5) is 8.78 Å². The van der Waals surface area contributed by atoms with E-state index < -0.39 is 11.6 Å². The van der Waals surface area contributed by atoms with Crippen molar-refractivity contribution in [2.75, 3.05) is 7.11 Å². The summed E-state index contributed by atoms with van der Waals surface area (Å²) in [6.07, 6.45) is 4.70. The van der Waals surface area contributed by atoms with E-state index in [0.717, 1.165) is 24.8 Å². The van der Waals surface area contributed by atoms with E-state index in [0.29, 0.717) is 22.4 Å². The predicted molar refractivity (Wildman–Crippen MR) is 79.5 cm³/mol. The van der Waals surface area contributed by atoms with Crippen LogP contribution < -0.4 is 0 Å². The zero-order chi connectivity index (χ0) is 15.3. The first-order valence-corrected chi connectivity index (χ1v) is 6.81. The molecule has 0 atom stereocenters. The summed E-state index contributed by atoms with van der Waals surface area (Å²) in [5.41, 5.74) is 2.65. The smallest absolute Gasteiger partial charge is 0.162 e. The molecule has 1 rings (SSSR count). The van der Waals surface area contributed by atoms with E-state index in [2.05, 4.69) is 13.5 Å². The third kappa shape index (κ3) is 3.69. The SMILES string of the molecule is C=C(OC)/C(=C/c1c(C)cc(F)c(F)c1C)CCCC. The van der Waals surface area contributed by atoms with Crippen LogP contribution in [0.3, 0.4) is 0 Å². The van der Waals surface area contributed by atoms with Gasteiger partial charge in [-0.3, -0.25) is 0 Å². The van der Waals surface area contributed by atoms with Gasteiger partial charge in [-0.25, -0.2) is 8.78 Å². The molecule has 0 aromatic heterocycles. The van der Waals surface area contributed by atoms with E-state index >= 15 is 0 Å². The molecule has 0 unspecified atom stereocenters. The van der Waals surface area contributed by atoms with Crippen LogP contribution in [0, 0.1) is 25.5 Å². The minimum absolute atomic E-state index is 0.320. The Morgan fingerprint density at radius 1 is 1.35 bits per heavy atom. The van der Waals surface area contributed by atoms with Gasteiger partial charge in [0.25, 0.3) is 0 Å². The lowest BCUT2D eigenvalue weighted by atomic mass is 9.97. The Hall–Kier alpha value is -1.64. The molecule has 0 spiro atoms. The number of allylic oxidation sites excluding steroid dienone is 1. The van der Waals surface area contributed by atoms with Gasteiger partial charge in [0.05, 0.1) is 7.11 Å². The Labute approximate surface area is 120 Å². The zero-order valence-corrected chi connectivity index (χ0v) is 12.6. The highest BCUT2D eigenvalue weighted by Crippen LogP contribution is 2.26. The molecule has 0 saturated carbocycles. The van der Waals surface area contributed by atoms with Crippen molar-refractivity contribution in [3.8, 4) is 0 Å². The molecule has 0 aliphatic carbocycles. The van der Waals surface area contributed by atoms with Gasteiger partial charge in [-0.2, -0.15) is 0 Å². The van der Waals surface area contributed by atoms with Crippen LogP contribution in [-0.2, 0) is 4.74 Å². The molecule has 1 nitrogen and oxygen atoms in total. The van der Waals surface area contributed by atoms with Gasteiger partial charge in [0.15, 0.2) is 11.6 Å². The topological polar surface area (TPSA) is 9.23 Å². The third-order valence-electron chi connectivity index (χ3n) is 3.43. The van der Waals surface area contributed by atoms with Gasteiger partial charge >= 0.3 is 0 Å². The standard InChI is InChI=1S/C17H22F2O/c1-6-7-8-14(13(4)20-5)10-15-11(2)9-16(18)17(19)12(15)3/h9-10H,4,6-8H2,1-3,5H3/b14-10+.